The van der Waals surface area contributed by atoms with Gasteiger partial charge in [-0.25, -0.2) is 0 Å². The fourth-order valence-corrected chi connectivity index (χ4v) is 5.51. The van der Waals surface area contributed by atoms with E-state index < -0.39 is 8.07 Å². The summed E-state index contributed by atoms with van der Waals surface area (Å²) in [6, 6.07) is 11.8. The molecule has 2 aromatic rings. The van der Waals surface area contributed by atoms with Crippen molar-refractivity contribution in [3.05, 3.63) is 36.4 Å². The van der Waals surface area contributed by atoms with Crippen molar-refractivity contribution < 1.29 is 19.1 Å². The Morgan fingerprint density at radius 1 is 1.10 bits per heavy atom. The average molecular weight is 441 g/mol. The average Bonchev–Trinajstić information content (AvgIpc) is 3.20. The standard InChI is InChI=1S/C24H32N2O4Si/c1-16(27)25-20-12-13-21(31(3,4)5)23(17-8-10-18(29-2)11-9-17)24(20)26-22(28)15-19-7-6-14-30-19/h8-13,19H,6-7,14-15H2,1-5H3,(H,25,27)(H,26,28). The zero-order valence-corrected chi connectivity index (χ0v) is 20.0. The van der Waals surface area contributed by atoms with Gasteiger partial charge >= 0.3 is 0 Å². The first-order valence-corrected chi connectivity index (χ1v) is 14.2. The lowest BCUT2D eigenvalue weighted by Gasteiger charge is -2.26. The van der Waals surface area contributed by atoms with E-state index >= 15 is 0 Å². The Bertz CT molecular complexity index is 945. The van der Waals surface area contributed by atoms with Gasteiger partial charge in [0.25, 0.3) is 0 Å². The maximum absolute atomic E-state index is 12.9. The van der Waals surface area contributed by atoms with E-state index in [9.17, 15) is 9.59 Å². The van der Waals surface area contributed by atoms with Crippen molar-refractivity contribution in [3.8, 4) is 16.9 Å². The molecule has 0 radical (unpaired) electrons. The van der Waals surface area contributed by atoms with E-state index in [2.05, 4.69) is 36.3 Å². The van der Waals surface area contributed by atoms with Crippen molar-refractivity contribution in [2.75, 3.05) is 24.4 Å². The second-order valence-electron chi connectivity index (χ2n) is 8.96. The van der Waals surface area contributed by atoms with Crippen molar-refractivity contribution in [1.82, 2.24) is 0 Å². The third-order valence-corrected chi connectivity index (χ3v) is 7.44. The molecule has 2 N–H and O–H groups in total. The summed E-state index contributed by atoms with van der Waals surface area (Å²) >= 11 is 0. The fraction of sp³-hybridized carbons (Fsp3) is 0.417. The highest BCUT2D eigenvalue weighted by atomic mass is 28.3. The van der Waals surface area contributed by atoms with Crippen LogP contribution >= 0.6 is 0 Å². The highest BCUT2D eigenvalue weighted by molar-refractivity contribution is 6.89. The van der Waals surface area contributed by atoms with Crippen LogP contribution in [0.1, 0.15) is 26.2 Å². The first-order chi connectivity index (χ1) is 14.7. The Kier molecular flexibility index (Phi) is 7.18. The van der Waals surface area contributed by atoms with Gasteiger partial charge < -0.3 is 20.1 Å². The minimum atomic E-state index is -1.78. The van der Waals surface area contributed by atoms with Crippen LogP contribution in [0.5, 0.6) is 5.75 Å². The Balaban J connectivity index is 2.11. The molecule has 1 saturated heterocycles. The summed E-state index contributed by atoms with van der Waals surface area (Å²) in [6.45, 7) is 8.98. The Morgan fingerprint density at radius 2 is 1.81 bits per heavy atom. The molecule has 166 valence electrons. The van der Waals surface area contributed by atoms with Crippen LogP contribution in [0.4, 0.5) is 11.4 Å². The largest absolute Gasteiger partial charge is 0.497 e. The number of hydrogen-bond acceptors (Lipinski definition) is 4. The topological polar surface area (TPSA) is 76.7 Å². The van der Waals surface area contributed by atoms with E-state index in [1.807, 2.05) is 30.3 Å². The van der Waals surface area contributed by atoms with Crippen LogP contribution in [-0.4, -0.2) is 39.7 Å². The van der Waals surface area contributed by atoms with Gasteiger partial charge in [-0.15, -0.1) is 0 Å². The molecule has 0 aliphatic carbocycles. The summed E-state index contributed by atoms with van der Waals surface area (Å²) in [5.41, 5.74) is 3.16. The van der Waals surface area contributed by atoms with Crippen LogP contribution in [0.25, 0.3) is 11.1 Å². The maximum atomic E-state index is 12.9. The summed E-state index contributed by atoms with van der Waals surface area (Å²) in [5.74, 6) is 0.470. The second kappa shape index (κ2) is 9.66. The van der Waals surface area contributed by atoms with Crippen molar-refractivity contribution >= 4 is 36.4 Å². The van der Waals surface area contributed by atoms with Gasteiger partial charge in [-0.1, -0.05) is 43.0 Å². The minimum absolute atomic E-state index is 0.0474. The van der Waals surface area contributed by atoms with Crippen LogP contribution < -0.4 is 20.6 Å². The van der Waals surface area contributed by atoms with E-state index in [0.717, 1.165) is 29.7 Å². The molecule has 0 bridgehead atoms. The predicted octanol–water partition coefficient (Wildman–Crippen LogP) is 4.37. The molecule has 2 aromatic carbocycles. The van der Waals surface area contributed by atoms with Crippen LogP contribution in [0.2, 0.25) is 19.6 Å². The van der Waals surface area contributed by atoms with Gasteiger partial charge in [-0.3, -0.25) is 9.59 Å². The van der Waals surface area contributed by atoms with Crippen molar-refractivity contribution in [2.45, 2.75) is 51.9 Å². The summed E-state index contributed by atoms with van der Waals surface area (Å²) in [6.07, 6.45) is 2.14. The number of hydrogen-bond donors (Lipinski definition) is 2. The quantitative estimate of drug-likeness (QED) is 0.627. The Morgan fingerprint density at radius 3 is 2.35 bits per heavy atom. The number of carbonyl (C=O) groups excluding carboxylic acids is 2. The second-order valence-corrected chi connectivity index (χ2v) is 14.0. The minimum Gasteiger partial charge on any atom is -0.497 e. The normalized spacial score (nSPS) is 16.1. The molecule has 0 saturated carbocycles. The van der Waals surface area contributed by atoms with Gasteiger partial charge in [0.15, 0.2) is 0 Å². The number of nitrogens with one attached hydrogen (secondary N) is 2. The number of amides is 2. The molecule has 1 unspecified atom stereocenters. The number of benzene rings is 2. The molecule has 1 heterocycles. The number of anilines is 2. The summed E-state index contributed by atoms with van der Waals surface area (Å²) in [5, 5.41) is 7.21. The number of methoxy groups -OCH3 is 1. The molecule has 1 atom stereocenters. The molecular weight excluding hydrogens is 408 g/mol. The van der Waals surface area contributed by atoms with Gasteiger partial charge in [0.05, 0.1) is 39.1 Å². The molecule has 0 aromatic heterocycles. The summed E-state index contributed by atoms with van der Waals surface area (Å²) < 4.78 is 11.0. The molecule has 3 rings (SSSR count). The van der Waals surface area contributed by atoms with Gasteiger partial charge in [0.1, 0.15) is 5.75 Å². The molecule has 7 heteroatoms. The van der Waals surface area contributed by atoms with Crippen LogP contribution in [-0.2, 0) is 14.3 Å². The van der Waals surface area contributed by atoms with E-state index in [4.69, 9.17) is 9.47 Å². The molecule has 31 heavy (non-hydrogen) atoms. The maximum Gasteiger partial charge on any atom is 0.227 e. The first-order valence-electron chi connectivity index (χ1n) is 10.7. The number of ether oxygens (including phenoxy) is 2. The number of carbonyl (C=O) groups is 2. The van der Waals surface area contributed by atoms with Gasteiger partial charge in [-0.2, -0.15) is 0 Å². The molecule has 1 fully saturated rings. The highest BCUT2D eigenvalue weighted by Gasteiger charge is 2.27. The van der Waals surface area contributed by atoms with Gasteiger partial charge in [0.2, 0.25) is 11.8 Å². The van der Waals surface area contributed by atoms with E-state index in [1.54, 1.807) is 7.11 Å². The Labute approximate surface area is 185 Å². The van der Waals surface area contributed by atoms with E-state index in [-0.39, 0.29) is 17.9 Å². The third-order valence-electron chi connectivity index (χ3n) is 5.40. The van der Waals surface area contributed by atoms with Gasteiger partial charge in [-0.05, 0) is 36.6 Å². The summed E-state index contributed by atoms with van der Waals surface area (Å²) in [7, 11) is -0.148. The van der Waals surface area contributed by atoms with E-state index in [1.165, 1.54) is 12.1 Å². The molecule has 1 aliphatic rings. The van der Waals surface area contributed by atoms with Crippen LogP contribution in [0.3, 0.4) is 0 Å². The monoisotopic (exact) mass is 440 g/mol. The van der Waals surface area contributed by atoms with E-state index in [0.29, 0.717) is 24.4 Å². The lowest BCUT2D eigenvalue weighted by Crippen LogP contribution is -2.39. The third kappa shape index (κ3) is 5.74. The smallest absolute Gasteiger partial charge is 0.227 e. The molecule has 2 amide bonds. The fourth-order valence-electron chi connectivity index (χ4n) is 3.91. The molecular formula is C24H32N2O4Si. The number of rotatable bonds is 7. The van der Waals surface area contributed by atoms with Gasteiger partial charge in [0, 0.05) is 19.1 Å². The van der Waals surface area contributed by atoms with Crippen molar-refractivity contribution in [1.29, 1.82) is 0 Å². The SMILES string of the molecule is COc1ccc(-c2c([Si](C)(C)C)ccc(NC(C)=O)c2NC(=O)CC2CCCO2)cc1. The molecule has 1 aliphatic heterocycles. The van der Waals surface area contributed by atoms with Crippen molar-refractivity contribution in [2.24, 2.45) is 0 Å². The highest BCUT2D eigenvalue weighted by Crippen LogP contribution is 2.36. The van der Waals surface area contributed by atoms with Crippen molar-refractivity contribution in [3.63, 3.8) is 0 Å². The lowest BCUT2D eigenvalue weighted by molar-refractivity contribution is -0.118. The zero-order chi connectivity index (χ0) is 22.6. The summed E-state index contributed by atoms with van der Waals surface area (Å²) in [4.78, 5) is 24.8. The molecule has 0 spiro atoms. The van der Waals surface area contributed by atoms with Crippen LogP contribution in [0.15, 0.2) is 36.4 Å². The first kappa shape index (κ1) is 23.0. The lowest BCUT2D eigenvalue weighted by atomic mass is 10.0. The molecule has 6 nitrogen and oxygen atoms in total. The van der Waals surface area contributed by atoms with Crippen LogP contribution in [0, 0.1) is 0 Å². The zero-order valence-electron chi connectivity index (χ0n) is 19.0. The Hall–Kier alpha value is -2.64. The predicted molar refractivity (Wildman–Crippen MR) is 128 cm³/mol.